The molecule has 5 heteroatoms. The fraction of sp³-hybridized carbons (Fsp3) is 0.500. The van der Waals surface area contributed by atoms with Crippen LogP contribution in [0.4, 0.5) is 5.69 Å². The predicted octanol–water partition coefficient (Wildman–Crippen LogP) is 7.65. The number of rotatable bonds is 11. The van der Waals surface area contributed by atoms with Crippen LogP contribution < -0.4 is 19.1 Å². The maximum absolute atomic E-state index is 6.12. The Morgan fingerprint density at radius 3 is 2.22 bits per heavy atom. The number of anilines is 1. The fourth-order valence-electron chi connectivity index (χ4n) is 6.53. The lowest BCUT2D eigenvalue weighted by Crippen LogP contribution is -2.29. The van der Waals surface area contributed by atoms with Crippen molar-refractivity contribution in [2.75, 3.05) is 51.9 Å². The molecule has 1 unspecified atom stereocenters. The highest BCUT2D eigenvalue weighted by atomic mass is 16.5. The third-order valence-electron chi connectivity index (χ3n) is 8.95. The van der Waals surface area contributed by atoms with E-state index in [2.05, 4.69) is 77.4 Å². The van der Waals surface area contributed by atoms with Crippen molar-refractivity contribution in [3.05, 3.63) is 82.9 Å². The van der Waals surface area contributed by atoms with Crippen LogP contribution >= 0.6 is 0 Å². The van der Waals surface area contributed by atoms with E-state index < -0.39 is 0 Å². The molecule has 1 aliphatic carbocycles. The largest absolute Gasteiger partial charge is 0.497 e. The average molecular weight is 557 g/mol. The van der Waals surface area contributed by atoms with Gasteiger partial charge in [0.15, 0.2) is 0 Å². The maximum Gasteiger partial charge on any atom is 0.120 e. The number of hydrogen-bond donors (Lipinski definition) is 0. The number of aryl methyl sites for hydroxylation is 1. The average Bonchev–Trinajstić information content (AvgIpc) is 3.41. The third-order valence-corrected chi connectivity index (χ3v) is 8.95. The minimum atomic E-state index is 0.472. The van der Waals surface area contributed by atoms with Crippen molar-refractivity contribution >= 4 is 5.69 Å². The van der Waals surface area contributed by atoms with Gasteiger partial charge in [0.05, 0.1) is 14.2 Å². The van der Waals surface area contributed by atoms with Crippen LogP contribution in [0.3, 0.4) is 0 Å². The minimum absolute atomic E-state index is 0.472. The van der Waals surface area contributed by atoms with Crippen molar-refractivity contribution in [3.8, 4) is 17.2 Å². The molecule has 220 valence electrons. The molecule has 1 aliphatic heterocycles. The van der Waals surface area contributed by atoms with Crippen LogP contribution in [-0.4, -0.2) is 51.9 Å². The van der Waals surface area contributed by atoms with Gasteiger partial charge in [0, 0.05) is 31.4 Å². The van der Waals surface area contributed by atoms with Gasteiger partial charge in [-0.2, -0.15) is 0 Å². The van der Waals surface area contributed by atoms with Crippen LogP contribution in [-0.2, 0) is 19.4 Å². The molecule has 5 nitrogen and oxygen atoms in total. The smallest absolute Gasteiger partial charge is 0.120 e. The molecule has 0 bridgehead atoms. The first-order valence-electron chi connectivity index (χ1n) is 15.7. The number of benzene rings is 3. The molecule has 5 rings (SSSR count). The van der Waals surface area contributed by atoms with Crippen LogP contribution in [0.2, 0.25) is 0 Å². The number of ether oxygens (including phenoxy) is 3. The summed E-state index contributed by atoms with van der Waals surface area (Å²) in [6, 6.07) is 22.0. The lowest BCUT2D eigenvalue weighted by molar-refractivity contribution is 0.214. The summed E-state index contributed by atoms with van der Waals surface area (Å²) in [5.74, 6) is 3.30. The molecule has 0 radical (unpaired) electrons. The SMILES string of the molecule is CCN(Cc1ccc(OCCN2CCCCCC2)cc1)c1cc(OC)ccc1C1CCCc2cc(OC)ccc2C1. The third kappa shape index (κ3) is 7.77. The first kappa shape index (κ1) is 29.3. The maximum atomic E-state index is 6.12. The van der Waals surface area contributed by atoms with Crippen LogP contribution in [0, 0.1) is 0 Å². The van der Waals surface area contributed by atoms with Crippen LogP contribution in [0.1, 0.15) is 73.6 Å². The molecular formula is C36H48N2O3. The second-order valence-corrected chi connectivity index (χ2v) is 11.6. The number of nitrogens with zero attached hydrogens (tertiary/aromatic N) is 2. The molecule has 1 fully saturated rings. The van der Waals surface area contributed by atoms with Crippen molar-refractivity contribution < 1.29 is 14.2 Å². The summed E-state index contributed by atoms with van der Waals surface area (Å²) < 4.78 is 17.3. The molecule has 1 saturated heterocycles. The fourth-order valence-corrected chi connectivity index (χ4v) is 6.53. The van der Waals surface area contributed by atoms with Gasteiger partial charge in [-0.05, 0) is 117 Å². The van der Waals surface area contributed by atoms with Gasteiger partial charge in [0.2, 0.25) is 0 Å². The van der Waals surface area contributed by atoms with E-state index in [-0.39, 0.29) is 0 Å². The van der Waals surface area contributed by atoms with Gasteiger partial charge in [-0.25, -0.2) is 0 Å². The molecule has 41 heavy (non-hydrogen) atoms. The van der Waals surface area contributed by atoms with Gasteiger partial charge in [0.1, 0.15) is 23.9 Å². The van der Waals surface area contributed by atoms with E-state index in [4.69, 9.17) is 14.2 Å². The van der Waals surface area contributed by atoms with E-state index in [0.717, 1.165) is 56.3 Å². The summed E-state index contributed by atoms with van der Waals surface area (Å²) in [7, 11) is 3.51. The zero-order chi connectivity index (χ0) is 28.4. The zero-order valence-corrected chi connectivity index (χ0v) is 25.4. The first-order chi connectivity index (χ1) is 20.2. The summed E-state index contributed by atoms with van der Waals surface area (Å²) in [5, 5.41) is 0. The van der Waals surface area contributed by atoms with Crippen LogP contribution in [0.5, 0.6) is 17.2 Å². The number of hydrogen-bond acceptors (Lipinski definition) is 5. The molecule has 0 N–H and O–H groups in total. The van der Waals surface area contributed by atoms with E-state index in [1.54, 1.807) is 14.2 Å². The van der Waals surface area contributed by atoms with Crippen LogP contribution in [0.15, 0.2) is 60.7 Å². The summed E-state index contributed by atoms with van der Waals surface area (Å²) in [6.07, 6.45) is 9.91. The van der Waals surface area contributed by atoms with E-state index in [9.17, 15) is 0 Å². The summed E-state index contributed by atoms with van der Waals surface area (Å²) in [5.41, 5.74) is 6.88. The lowest BCUT2D eigenvalue weighted by Gasteiger charge is -2.29. The summed E-state index contributed by atoms with van der Waals surface area (Å²) in [6.45, 7) is 8.22. The number of fused-ring (bicyclic) bond motifs is 1. The van der Waals surface area contributed by atoms with E-state index in [1.807, 2.05) is 0 Å². The second kappa shape index (κ2) is 14.6. The molecule has 1 heterocycles. The first-order valence-corrected chi connectivity index (χ1v) is 15.7. The van der Waals surface area contributed by atoms with Gasteiger partial charge < -0.3 is 19.1 Å². The highest BCUT2D eigenvalue weighted by Crippen LogP contribution is 2.39. The predicted molar refractivity (Wildman–Crippen MR) is 169 cm³/mol. The summed E-state index contributed by atoms with van der Waals surface area (Å²) in [4.78, 5) is 5.04. The van der Waals surface area contributed by atoms with Crippen LogP contribution in [0.25, 0.3) is 0 Å². The molecule has 3 aromatic carbocycles. The van der Waals surface area contributed by atoms with Crippen molar-refractivity contribution in [2.24, 2.45) is 0 Å². The Morgan fingerprint density at radius 1 is 0.780 bits per heavy atom. The lowest BCUT2D eigenvalue weighted by atomic mass is 9.88. The minimum Gasteiger partial charge on any atom is -0.497 e. The normalized spacial score (nSPS) is 17.7. The van der Waals surface area contributed by atoms with Gasteiger partial charge >= 0.3 is 0 Å². The highest BCUT2D eigenvalue weighted by Gasteiger charge is 2.23. The van der Waals surface area contributed by atoms with Gasteiger partial charge in [0.25, 0.3) is 0 Å². The Kier molecular flexibility index (Phi) is 10.5. The van der Waals surface area contributed by atoms with Crippen molar-refractivity contribution in [1.82, 2.24) is 4.90 Å². The van der Waals surface area contributed by atoms with Crippen molar-refractivity contribution in [1.29, 1.82) is 0 Å². The second-order valence-electron chi connectivity index (χ2n) is 11.6. The van der Waals surface area contributed by atoms with Gasteiger partial charge in [-0.1, -0.05) is 37.1 Å². The quantitative estimate of drug-likeness (QED) is 0.227. The van der Waals surface area contributed by atoms with E-state index in [1.165, 1.54) is 79.6 Å². The Labute approximate surface area is 247 Å². The Bertz CT molecular complexity index is 1230. The van der Waals surface area contributed by atoms with E-state index >= 15 is 0 Å². The Hall–Kier alpha value is -3.18. The Morgan fingerprint density at radius 2 is 1.49 bits per heavy atom. The van der Waals surface area contributed by atoms with Crippen molar-refractivity contribution in [3.63, 3.8) is 0 Å². The van der Waals surface area contributed by atoms with Gasteiger partial charge in [-0.3, -0.25) is 4.90 Å². The molecule has 0 amide bonds. The van der Waals surface area contributed by atoms with E-state index in [0.29, 0.717) is 5.92 Å². The number of likely N-dealkylation sites (tertiary alicyclic amines) is 1. The highest BCUT2D eigenvalue weighted by molar-refractivity contribution is 5.59. The van der Waals surface area contributed by atoms with Gasteiger partial charge in [-0.15, -0.1) is 0 Å². The molecule has 0 aromatic heterocycles. The molecule has 1 atom stereocenters. The molecular weight excluding hydrogens is 508 g/mol. The molecule has 3 aromatic rings. The van der Waals surface area contributed by atoms with Crippen molar-refractivity contribution in [2.45, 2.75) is 70.8 Å². The topological polar surface area (TPSA) is 34.2 Å². The molecule has 0 saturated carbocycles. The summed E-state index contributed by atoms with van der Waals surface area (Å²) >= 11 is 0. The number of methoxy groups -OCH3 is 2. The molecule has 0 spiro atoms. The monoisotopic (exact) mass is 556 g/mol. The molecule has 2 aliphatic rings. The standard InChI is InChI=1S/C36H48N2O3/c1-4-38(27-28-12-15-32(16-13-28)41-23-22-37-20-7-5-6-8-21-37)36-26-34(40-3)18-19-35(36)31-11-9-10-29-25-33(39-2)17-14-30(29)24-31/h12-19,25-26,31H,4-11,20-24,27H2,1-3H3. The Balaban J connectivity index is 1.28. The zero-order valence-electron chi connectivity index (χ0n) is 25.4.